The highest BCUT2D eigenvalue weighted by atomic mass is 19.1. The minimum absolute atomic E-state index is 0.341. The molecule has 3 aliphatic heterocycles. The first-order chi connectivity index (χ1) is 10.1. The number of aliphatic hydroxyl groups is 1. The van der Waals surface area contributed by atoms with Crippen LogP contribution in [0.5, 0.6) is 0 Å². The molecule has 6 heteroatoms. The van der Waals surface area contributed by atoms with Crippen molar-refractivity contribution in [2.75, 3.05) is 11.5 Å². The molecule has 2 bridgehead atoms. The maximum atomic E-state index is 13.0. The van der Waals surface area contributed by atoms with E-state index >= 15 is 0 Å². The number of nitrogens with zero attached hydrogens (tertiary/aromatic N) is 1. The van der Waals surface area contributed by atoms with Crippen molar-refractivity contribution < 1.29 is 23.8 Å². The van der Waals surface area contributed by atoms with Gasteiger partial charge in [-0.1, -0.05) is 12.2 Å². The Kier molecular flexibility index (Phi) is 2.41. The fourth-order valence-electron chi connectivity index (χ4n) is 3.53. The van der Waals surface area contributed by atoms with Crippen LogP contribution in [0.4, 0.5) is 10.1 Å². The van der Waals surface area contributed by atoms with Gasteiger partial charge in [0.05, 0.1) is 30.2 Å². The number of carbonyl (C=O) groups excluding carboxylic acids is 2. The zero-order valence-electron chi connectivity index (χ0n) is 10.9. The molecule has 2 saturated heterocycles. The Morgan fingerprint density at radius 3 is 2.62 bits per heavy atom. The van der Waals surface area contributed by atoms with Gasteiger partial charge >= 0.3 is 0 Å². The van der Waals surface area contributed by atoms with Gasteiger partial charge in [-0.2, -0.15) is 0 Å². The first-order valence-corrected chi connectivity index (χ1v) is 6.69. The fourth-order valence-corrected chi connectivity index (χ4v) is 3.53. The quantitative estimate of drug-likeness (QED) is 0.640. The summed E-state index contributed by atoms with van der Waals surface area (Å²) >= 11 is 0. The third-order valence-corrected chi connectivity index (χ3v) is 4.49. The molecule has 1 N–H and O–H groups in total. The molecular formula is C15H12FNO4. The predicted molar refractivity (Wildman–Crippen MR) is 69.7 cm³/mol. The van der Waals surface area contributed by atoms with Crippen LogP contribution in [0.15, 0.2) is 36.4 Å². The Morgan fingerprint density at radius 2 is 1.95 bits per heavy atom. The van der Waals surface area contributed by atoms with Crippen LogP contribution < -0.4 is 4.90 Å². The number of carbonyl (C=O) groups is 2. The van der Waals surface area contributed by atoms with Crippen LogP contribution in [0, 0.1) is 17.7 Å². The average molecular weight is 289 g/mol. The Balaban J connectivity index is 1.77. The van der Waals surface area contributed by atoms with Crippen molar-refractivity contribution in [3.8, 4) is 0 Å². The molecule has 4 atom stereocenters. The molecule has 21 heavy (non-hydrogen) atoms. The van der Waals surface area contributed by atoms with Crippen molar-refractivity contribution in [2.24, 2.45) is 11.8 Å². The van der Waals surface area contributed by atoms with Gasteiger partial charge in [0.25, 0.3) is 0 Å². The molecule has 0 spiro atoms. The lowest BCUT2D eigenvalue weighted by Crippen LogP contribution is -2.43. The second-order valence-corrected chi connectivity index (χ2v) is 5.55. The van der Waals surface area contributed by atoms with Gasteiger partial charge in [-0.15, -0.1) is 0 Å². The number of aliphatic hydroxyl groups excluding tert-OH is 1. The molecule has 0 aliphatic carbocycles. The number of hydrogen-bond donors (Lipinski definition) is 1. The maximum Gasteiger partial charge on any atom is 0.241 e. The normalized spacial score (nSPS) is 36.7. The Morgan fingerprint density at radius 1 is 1.24 bits per heavy atom. The van der Waals surface area contributed by atoms with Crippen molar-refractivity contribution >= 4 is 17.5 Å². The van der Waals surface area contributed by atoms with E-state index in [0.29, 0.717) is 5.69 Å². The molecule has 3 heterocycles. The number of benzene rings is 1. The van der Waals surface area contributed by atoms with Crippen molar-refractivity contribution in [2.45, 2.75) is 11.7 Å². The minimum Gasteiger partial charge on any atom is -0.393 e. The minimum atomic E-state index is -1.10. The summed E-state index contributed by atoms with van der Waals surface area (Å²) < 4.78 is 18.6. The van der Waals surface area contributed by atoms with Crippen LogP contribution in [0.3, 0.4) is 0 Å². The monoisotopic (exact) mass is 289 g/mol. The van der Waals surface area contributed by atoms with Crippen molar-refractivity contribution in [3.63, 3.8) is 0 Å². The Labute approximate surface area is 119 Å². The highest BCUT2D eigenvalue weighted by Crippen LogP contribution is 2.52. The van der Waals surface area contributed by atoms with Gasteiger partial charge in [0.2, 0.25) is 11.8 Å². The van der Waals surface area contributed by atoms with E-state index in [2.05, 4.69) is 0 Å². The van der Waals surface area contributed by atoms with Gasteiger partial charge in [-0.05, 0) is 24.3 Å². The topological polar surface area (TPSA) is 66.8 Å². The SMILES string of the molecule is O=C1[C@@H]2[C@@H](C(=O)N1c1ccc(F)cc1)[C@@]1(CO)C=C[C@H]2O1. The Bertz CT molecular complexity index is 671. The van der Waals surface area contributed by atoms with E-state index < -0.39 is 35.3 Å². The van der Waals surface area contributed by atoms with Gasteiger partial charge in [0, 0.05) is 0 Å². The molecule has 0 saturated carbocycles. The maximum absolute atomic E-state index is 13.0. The summed E-state index contributed by atoms with van der Waals surface area (Å²) in [6.45, 7) is -0.350. The Hall–Kier alpha value is -2.05. The van der Waals surface area contributed by atoms with Crippen LogP contribution >= 0.6 is 0 Å². The van der Waals surface area contributed by atoms with Gasteiger partial charge in [0.1, 0.15) is 11.4 Å². The largest absolute Gasteiger partial charge is 0.393 e. The summed E-state index contributed by atoms with van der Waals surface area (Å²) in [6.07, 6.45) is 2.90. The van der Waals surface area contributed by atoms with Crippen LogP contribution in [-0.4, -0.2) is 35.2 Å². The van der Waals surface area contributed by atoms with Crippen LogP contribution in [0.2, 0.25) is 0 Å². The molecule has 2 fully saturated rings. The van der Waals surface area contributed by atoms with E-state index in [-0.39, 0.29) is 12.5 Å². The zero-order valence-corrected chi connectivity index (χ0v) is 10.9. The average Bonchev–Trinajstić information content (AvgIpc) is 3.12. The molecule has 4 rings (SSSR count). The summed E-state index contributed by atoms with van der Waals surface area (Å²) in [4.78, 5) is 26.2. The number of anilines is 1. The first kappa shape index (κ1) is 12.7. The lowest BCUT2D eigenvalue weighted by molar-refractivity contribution is -0.128. The molecule has 108 valence electrons. The molecule has 0 radical (unpaired) electrons. The molecule has 3 aliphatic rings. The lowest BCUT2D eigenvalue weighted by Gasteiger charge is -2.26. The number of hydrogen-bond acceptors (Lipinski definition) is 4. The highest BCUT2D eigenvalue weighted by molar-refractivity contribution is 6.23. The standard InChI is InChI=1S/C15H12FNO4/c16-8-1-3-9(4-2-8)17-13(19)11-10-5-6-15(7-18,21-10)12(11)14(17)20/h1-6,10-12,18H,7H2/t10-,11+,12+,15+/m1/s1. The fraction of sp³-hybridized carbons (Fsp3) is 0.333. The van der Waals surface area contributed by atoms with Crippen LogP contribution in [0.25, 0.3) is 0 Å². The summed E-state index contributed by atoms with van der Waals surface area (Å²) in [7, 11) is 0. The van der Waals surface area contributed by atoms with E-state index in [1.54, 1.807) is 12.2 Å². The summed E-state index contributed by atoms with van der Waals surface area (Å²) in [5.74, 6) is -2.52. The zero-order chi connectivity index (χ0) is 14.8. The van der Waals surface area contributed by atoms with Crippen LogP contribution in [-0.2, 0) is 14.3 Å². The van der Waals surface area contributed by atoms with Gasteiger partial charge in [0.15, 0.2) is 0 Å². The molecule has 1 aromatic rings. The van der Waals surface area contributed by atoms with E-state index in [1.165, 1.54) is 24.3 Å². The van der Waals surface area contributed by atoms with Gasteiger partial charge < -0.3 is 9.84 Å². The van der Waals surface area contributed by atoms with Gasteiger partial charge in [-0.3, -0.25) is 9.59 Å². The van der Waals surface area contributed by atoms with E-state index in [0.717, 1.165) is 4.90 Å². The number of ether oxygens (including phenoxy) is 1. The number of rotatable bonds is 2. The third kappa shape index (κ3) is 1.46. The first-order valence-electron chi connectivity index (χ1n) is 6.69. The smallest absolute Gasteiger partial charge is 0.241 e. The number of amides is 2. The van der Waals surface area contributed by atoms with Crippen molar-refractivity contribution in [3.05, 3.63) is 42.2 Å². The number of fused-ring (bicyclic) bond motifs is 5. The molecule has 0 unspecified atom stereocenters. The third-order valence-electron chi connectivity index (χ3n) is 4.49. The summed E-state index contributed by atoms with van der Waals surface area (Å²) in [6, 6.07) is 5.20. The van der Waals surface area contributed by atoms with Gasteiger partial charge in [-0.25, -0.2) is 9.29 Å². The van der Waals surface area contributed by atoms with Crippen molar-refractivity contribution in [1.82, 2.24) is 0 Å². The molecule has 2 amide bonds. The summed E-state index contributed by atoms with van der Waals surface area (Å²) in [5, 5.41) is 9.58. The highest BCUT2D eigenvalue weighted by Gasteiger charge is 2.67. The summed E-state index contributed by atoms with van der Waals surface area (Å²) in [5.41, 5.74) is -0.759. The molecule has 0 aromatic heterocycles. The number of halogens is 1. The van der Waals surface area contributed by atoms with E-state index in [1.807, 2.05) is 0 Å². The lowest BCUT2D eigenvalue weighted by atomic mass is 9.77. The molecule has 5 nitrogen and oxygen atoms in total. The van der Waals surface area contributed by atoms with E-state index in [4.69, 9.17) is 4.74 Å². The number of imide groups is 1. The molecule has 1 aromatic carbocycles. The van der Waals surface area contributed by atoms with Crippen LogP contribution in [0.1, 0.15) is 0 Å². The van der Waals surface area contributed by atoms with E-state index in [9.17, 15) is 19.1 Å². The molecular weight excluding hydrogens is 277 g/mol. The second-order valence-electron chi connectivity index (χ2n) is 5.55. The second kappa shape index (κ2) is 3.99. The predicted octanol–water partition coefficient (Wildman–Crippen LogP) is 0.631. The van der Waals surface area contributed by atoms with Crippen molar-refractivity contribution in [1.29, 1.82) is 0 Å².